The Hall–Kier alpha value is -3.34. The Morgan fingerprint density at radius 2 is 1.71 bits per heavy atom. The summed E-state index contributed by atoms with van der Waals surface area (Å²) in [7, 11) is 0. The van der Waals surface area contributed by atoms with Gasteiger partial charge in [0.1, 0.15) is 5.75 Å². The van der Waals surface area contributed by atoms with Crippen molar-refractivity contribution in [2.24, 2.45) is 0 Å². The molecule has 1 aromatic heterocycles. The van der Waals surface area contributed by atoms with Crippen molar-refractivity contribution in [3.05, 3.63) is 97.7 Å². The molecule has 0 aliphatic carbocycles. The average Bonchev–Trinajstić information content (AvgIpc) is 2.64. The van der Waals surface area contributed by atoms with Crippen LogP contribution in [0.4, 0.5) is 0 Å². The number of aromatic amines is 1. The van der Waals surface area contributed by atoms with Gasteiger partial charge in [-0.25, -0.2) is 4.79 Å². The van der Waals surface area contributed by atoms with Gasteiger partial charge >= 0.3 is 5.69 Å². The summed E-state index contributed by atoms with van der Waals surface area (Å²) in [5, 5.41) is 0. The Morgan fingerprint density at radius 3 is 2.36 bits per heavy atom. The van der Waals surface area contributed by atoms with Gasteiger partial charge < -0.3 is 4.74 Å². The van der Waals surface area contributed by atoms with Crippen molar-refractivity contribution in [1.29, 1.82) is 0 Å². The first-order chi connectivity index (χ1) is 13.5. The Kier molecular flexibility index (Phi) is 5.94. The Balaban J connectivity index is 2.02. The van der Waals surface area contributed by atoms with Gasteiger partial charge in [0.15, 0.2) is 0 Å². The Bertz CT molecular complexity index is 1090. The van der Waals surface area contributed by atoms with Gasteiger partial charge in [-0.15, -0.1) is 0 Å². The molecule has 0 radical (unpaired) electrons. The highest BCUT2D eigenvalue weighted by molar-refractivity contribution is 5.48. The molecule has 3 rings (SSSR count). The molecule has 0 amide bonds. The third-order valence-electron chi connectivity index (χ3n) is 4.40. The maximum absolute atomic E-state index is 12.5. The van der Waals surface area contributed by atoms with Gasteiger partial charge in [-0.2, -0.15) is 0 Å². The zero-order valence-corrected chi connectivity index (χ0v) is 16.4. The zero-order chi connectivity index (χ0) is 20.1. The molecule has 0 bridgehead atoms. The fourth-order valence-electron chi connectivity index (χ4n) is 3.15. The average molecular weight is 376 g/mol. The summed E-state index contributed by atoms with van der Waals surface area (Å²) < 4.78 is 7.52. The monoisotopic (exact) mass is 376 g/mol. The largest absolute Gasteiger partial charge is 0.440 e. The van der Waals surface area contributed by atoms with Crippen LogP contribution in [0, 0.1) is 13.8 Å². The van der Waals surface area contributed by atoms with Crippen LogP contribution < -0.4 is 16.0 Å². The van der Waals surface area contributed by atoms with Gasteiger partial charge in [0.2, 0.25) is 5.88 Å². The second-order valence-electron chi connectivity index (χ2n) is 6.75. The summed E-state index contributed by atoms with van der Waals surface area (Å²) >= 11 is 0. The van der Waals surface area contributed by atoms with Crippen molar-refractivity contribution >= 4 is 6.08 Å². The van der Waals surface area contributed by atoms with Gasteiger partial charge in [0.25, 0.3) is 5.56 Å². The smallest absolute Gasteiger partial charge is 0.331 e. The number of nitrogens with zero attached hydrogens (tertiary/aromatic N) is 1. The molecule has 0 atom stereocenters. The van der Waals surface area contributed by atoms with E-state index >= 15 is 0 Å². The number of hydrogen-bond donors (Lipinski definition) is 1. The lowest BCUT2D eigenvalue weighted by Gasteiger charge is -2.15. The van der Waals surface area contributed by atoms with Gasteiger partial charge in [-0.05, 0) is 49.1 Å². The number of H-pyrrole nitrogens is 1. The first kappa shape index (κ1) is 19.4. The summed E-state index contributed by atoms with van der Waals surface area (Å²) in [6.07, 6.45) is 4.27. The number of aryl methyl sites for hydroxylation is 2. The first-order valence-corrected chi connectivity index (χ1v) is 9.31. The molecule has 0 spiro atoms. The van der Waals surface area contributed by atoms with E-state index < -0.39 is 11.2 Å². The van der Waals surface area contributed by atoms with Crippen LogP contribution in [0.25, 0.3) is 6.08 Å². The molecule has 0 fully saturated rings. The van der Waals surface area contributed by atoms with Crippen molar-refractivity contribution in [2.45, 2.75) is 33.7 Å². The lowest BCUT2D eigenvalue weighted by Crippen LogP contribution is -2.33. The number of hydrogen-bond acceptors (Lipinski definition) is 3. The van der Waals surface area contributed by atoms with Gasteiger partial charge in [0.05, 0.1) is 5.56 Å². The quantitative estimate of drug-likeness (QED) is 0.700. The van der Waals surface area contributed by atoms with Crippen molar-refractivity contribution in [1.82, 2.24) is 9.55 Å². The van der Waals surface area contributed by atoms with Crippen LogP contribution >= 0.6 is 0 Å². The van der Waals surface area contributed by atoms with E-state index in [1.807, 2.05) is 81.5 Å². The van der Waals surface area contributed by atoms with Crippen LogP contribution in [-0.4, -0.2) is 9.55 Å². The zero-order valence-electron chi connectivity index (χ0n) is 16.4. The number of nitrogens with one attached hydrogen (secondary N) is 1. The van der Waals surface area contributed by atoms with E-state index in [-0.39, 0.29) is 6.54 Å². The molecule has 3 aromatic rings. The number of allylic oxidation sites excluding steroid dienone is 1. The van der Waals surface area contributed by atoms with Crippen molar-refractivity contribution in [2.75, 3.05) is 0 Å². The molecule has 0 aliphatic heterocycles. The first-order valence-electron chi connectivity index (χ1n) is 9.31. The summed E-state index contributed by atoms with van der Waals surface area (Å²) in [6.45, 7) is 6.12. The van der Waals surface area contributed by atoms with E-state index in [1.165, 1.54) is 4.57 Å². The molecule has 5 heteroatoms. The maximum Gasteiger partial charge on any atom is 0.331 e. The molecule has 2 aromatic carbocycles. The fourth-order valence-corrected chi connectivity index (χ4v) is 3.15. The third kappa shape index (κ3) is 4.49. The van der Waals surface area contributed by atoms with Crippen LogP contribution in [0.1, 0.15) is 29.2 Å². The van der Waals surface area contributed by atoms with Gasteiger partial charge in [-0.3, -0.25) is 14.3 Å². The number of rotatable bonds is 6. The molecular formula is C23H24N2O3. The topological polar surface area (TPSA) is 64.1 Å². The predicted molar refractivity (Wildman–Crippen MR) is 112 cm³/mol. The van der Waals surface area contributed by atoms with Crippen LogP contribution in [0.15, 0.2) is 64.2 Å². The summed E-state index contributed by atoms with van der Waals surface area (Å²) in [6, 6.07) is 15.6. The van der Waals surface area contributed by atoms with Crippen LogP contribution in [0.2, 0.25) is 0 Å². The van der Waals surface area contributed by atoms with E-state index in [4.69, 9.17) is 4.74 Å². The third-order valence-corrected chi connectivity index (χ3v) is 4.40. The number of ether oxygens (including phenoxy) is 1. The molecular weight excluding hydrogens is 352 g/mol. The highest BCUT2D eigenvalue weighted by atomic mass is 16.5. The van der Waals surface area contributed by atoms with Crippen molar-refractivity contribution in [3.8, 4) is 11.6 Å². The molecule has 28 heavy (non-hydrogen) atoms. The SMILES string of the molecule is CCc1c(Oc2cc(C)cc(C)c2)n(C/C=C/c2ccccc2)c(=O)[nH]c1=O. The van der Waals surface area contributed by atoms with Crippen LogP contribution in [-0.2, 0) is 13.0 Å². The lowest BCUT2D eigenvalue weighted by molar-refractivity contribution is 0.415. The molecule has 0 saturated carbocycles. The molecule has 1 heterocycles. The second kappa shape index (κ2) is 8.57. The normalized spacial score (nSPS) is 11.1. The Labute approximate surface area is 163 Å². The van der Waals surface area contributed by atoms with E-state index in [0.717, 1.165) is 16.7 Å². The van der Waals surface area contributed by atoms with E-state index in [9.17, 15) is 9.59 Å². The molecule has 0 saturated heterocycles. The van der Waals surface area contributed by atoms with E-state index in [0.29, 0.717) is 23.6 Å². The number of benzene rings is 2. The van der Waals surface area contributed by atoms with Crippen LogP contribution in [0.3, 0.4) is 0 Å². The fraction of sp³-hybridized carbons (Fsp3) is 0.217. The Morgan fingerprint density at radius 1 is 1.04 bits per heavy atom. The van der Waals surface area contributed by atoms with Crippen molar-refractivity contribution < 1.29 is 4.74 Å². The summed E-state index contributed by atoms with van der Waals surface area (Å²) in [4.78, 5) is 27.2. The van der Waals surface area contributed by atoms with Crippen LogP contribution in [0.5, 0.6) is 11.6 Å². The minimum absolute atomic E-state index is 0.289. The summed E-state index contributed by atoms with van der Waals surface area (Å²) in [5.41, 5.74) is 2.69. The van der Waals surface area contributed by atoms with Crippen molar-refractivity contribution in [3.63, 3.8) is 0 Å². The minimum atomic E-state index is -0.487. The standard InChI is InChI=1S/C23H24N2O3/c1-4-20-21(26)24-23(27)25(12-8-11-18-9-6-5-7-10-18)22(20)28-19-14-16(2)13-17(3)15-19/h5-11,13-15H,4,12H2,1-3H3,(H,24,26,27)/b11-8+. The lowest BCUT2D eigenvalue weighted by atomic mass is 10.1. The molecule has 0 aliphatic rings. The maximum atomic E-state index is 12.5. The molecule has 1 N–H and O–H groups in total. The van der Waals surface area contributed by atoms with Gasteiger partial charge in [0, 0.05) is 6.54 Å². The molecule has 5 nitrogen and oxygen atoms in total. The highest BCUT2D eigenvalue weighted by Crippen LogP contribution is 2.25. The number of aromatic nitrogens is 2. The molecule has 144 valence electrons. The summed E-state index contributed by atoms with van der Waals surface area (Å²) in [5.74, 6) is 0.900. The predicted octanol–water partition coefficient (Wildman–Crippen LogP) is 4.22. The van der Waals surface area contributed by atoms with Gasteiger partial charge in [-0.1, -0.05) is 55.5 Å². The van der Waals surface area contributed by atoms with E-state index in [1.54, 1.807) is 0 Å². The minimum Gasteiger partial charge on any atom is -0.440 e. The highest BCUT2D eigenvalue weighted by Gasteiger charge is 2.15. The second-order valence-corrected chi connectivity index (χ2v) is 6.75. The molecule has 0 unspecified atom stereocenters. The van der Waals surface area contributed by atoms with E-state index in [2.05, 4.69) is 4.98 Å².